The maximum atomic E-state index is 12.9. The van der Waals surface area contributed by atoms with E-state index in [-0.39, 0.29) is 29.2 Å². The van der Waals surface area contributed by atoms with Crippen LogP contribution in [0.1, 0.15) is 21.5 Å². The highest BCUT2D eigenvalue weighted by Crippen LogP contribution is 2.34. The Morgan fingerprint density at radius 2 is 1.79 bits per heavy atom. The lowest BCUT2D eigenvalue weighted by Gasteiger charge is -2.10. The van der Waals surface area contributed by atoms with Crippen LogP contribution in [0.25, 0.3) is 0 Å². The van der Waals surface area contributed by atoms with E-state index in [2.05, 4.69) is 17.2 Å². The first kappa shape index (κ1) is 21.6. The fourth-order valence-corrected chi connectivity index (χ4v) is 2.40. The summed E-state index contributed by atoms with van der Waals surface area (Å²) < 4.78 is 48.8. The lowest BCUT2D eigenvalue weighted by atomic mass is 10.1. The first-order valence-corrected chi connectivity index (χ1v) is 8.02. The van der Waals surface area contributed by atoms with Crippen molar-refractivity contribution in [2.75, 3.05) is 20.8 Å². The van der Waals surface area contributed by atoms with E-state index >= 15 is 0 Å². The van der Waals surface area contributed by atoms with Gasteiger partial charge in [0, 0.05) is 11.6 Å². The van der Waals surface area contributed by atoms with Gasteiger partial charge in [0.25, 0.3) is 11.6 Å². The van der Waals surface area contributed by atoms with Crippen molar-refractivity contribution >= 4 is 11.6 Å². The number of carbonyl (C=O) groups is 1. The molecule has 2 aromatic carbocycles. The fraction of sp³-hybridized carbons (Fsp3) is 0.211. The lowest BCUT2D eigenvalue weighted by Crippen LogP contribution is -2.24. The molecule has 0 fully saturated rings. The van der Waals surface area contributed by atoms with Crippen molar-refractivity contribution in [2.24, 2.45) is 0 Å². The van der Waals surface area contributed by atoms with Crippen LogP contribution in [0.3, 0.4) is 0 Å². The molecule has 1 N–H and O–H groups in total. The summed E-state index contributed by atoms with van der Waals surface area (Å²) in [5, 5.41) is 13.6. The zero-order valence-corrected chi connectivity index (χ0v) is 15.3. The number of carbonyl (C=O) groups excluding carboxylic acids is 1. The van der Waals surface area contributed by atoms with Gasteiger partial charge in [-0.1, -0.05) is 24.0 Å². The summed E-state index contributed by atoms with van der Waals surface area (Å²) in [7, 11) is 2.59. The molecule has 0 aromatic heterocycles. The molecule has 7 nitrogen and oxygen atoms in total. The number of hydrogen-bond acceptors (Lipinski definition) is 5. The standard InChI is InChI=1S/C19H15F3N2O5/c1-28-16-10-13(15(24(26)27)11-17(16)29-2)18(25)23-9-5-7-12-6-3-4-8-14(12)19(20,21)22/h3-4,6,8,10-11H,9H2,1-2H3,(H,23,25). The molecule has 2 aromatic rings. The Hall–Kier alpha value is -3.74. The minimum atomic E-state index is -4.56. The van der Waals surface area contributed by atoms with Crippen LogP contribution in [0.15, 0.2) is 36.4 Å². The summed E-state index contributed by atoms with van der Waals surface area (Å²) in [6.45, 7) is -0.323. The van der Waals surface area contributed by atoms with Gasteiger partial charge in [-0.3, -0.25) is 14.9 Å². The predicted octanol–water partition coefficient (Wildman–Crippen LogP) is 3.41. The monoisotopic (exact) mass is 408 g/mol. The zero-order chi connectivity index (χ0) is 21.6. The van der Waals surface area contributed by atoms with E-state index in [9.17, 15) is 28.1 Å². The second-order valence-electron chi connectivity index (χ2n) is 5.51. The first-order chi connectivity index (χ1) is 13.7. The predicted molar refractivity (Wildman–Crippen MR) is 96.9 cm³/mol. The Morgan fingerprint density at radius 3 is 2.38 bits per heavy atom. The van der Waals surface area contributed by atoms with E-state index in [1.165, 1.54) is 32.4 Å². The van der Waals surface area contributed by atoms with Crippen LogP contribution in [-0.2, 0) is 6.18 Å². The highest BCUT2D eigenvalue weighted by atomic mass is 19.4. The molecular formula is C19H15F3N2O5. The molecule has 0 saturated carbocycles. The van der Waals surface area contributed by atoms with Gasteiger partial charge < -0.3 is 14.8 Å². The topological polar surface area (TPSA) is 90.7 Å². The Bertz CT molecular complexity index is 994. The smallest absolute Gasteiger partial charge is 0.417 e. The SMILES string of the molecule is COc1cc(C(=O)NCC#Cc2ccccc2C(F)(F)F)c([N+](=O)[O-])cc1OC. The third-order valence-electron chi connectivity index (χ3n) is 3.74. The molecule has 152 valence electrons. The molecule has 0 aliphatic rings. The van der Waals surface area contributed by atoms with Crippen molar-refractivity contribution in [3.63, 3.8) is 0 Å². The van der Waals surface area contributed by atoms with Gasteiger partial charge in [-0.15, -0.1) is 0 Å². The maximum absolute atomic E-state index is 12.9. The summed E-state index contributed by atoms with van der Waals surface area (Å²) in [4.78, 5) is 22.8. The lowest BCUT2D eigenvalue weighted by molar-refractivity contribution is -0.385. The second-order valence-corrected chi connectivity index (χ2v) is 5.51. The van der Waals surface area contributed by atoms with Gasteiger partial charge in [0.1, 0.15) is 5.56 Å². The number of rotatable bonds is 5. The fourth-order valence-electron chi connectivity index (χ4n) is 2.40. The van der Waals surface area contributed by atoms with Gasteiger partial charge in [0.2, 0.25) is 0 Å². The van der Waals surface area contributed by atoms with E-state index in [1.54, 1.807) is 0 Å². The number of halogens is 3. The highest BCUT2D eigenvalue weighted by Gasteiger charge is 2.32. The van der Waals surface area contributed by atoms with Crippen LogP contribution in [0.4, 0.5) is 18.9 Å². The molecule has 0 bridgehead atoms. The van der Waals surface area contributed by atoms with Gasteiger partial charge in [-0.25, -0.2) is 0 Å². The van der Waals surface area contributed by atoms with Crippen LogP contribution >= 0.6 is 0 Å². The van der Waals surface area contributed by atoms with Gasteiger partial charge in [0.15, 0.2) is 11.5 Å². The third kappa shape index (κ3) is 5.16. The van der Waals surface area contributed by atoms with Crippen LogP contribution in [0, 0.1) is 22.0 Å². The molecular weight excluding hydrogens is 393 g/mol. The molecule has 2 rings (SSSR count). The maximum Gasteiger partial charge on any atom is 0.417 e. The summed E-state index contributed by atoms with van der Waals surface area (Å²) in [6, 6.07) is 6.93. The van der Waals surface area contributed by atoms with Gasteiger partial charge >= 0.3 is 6.18 Å². The van der Waals surface area contributed by atoms with E-state index < -0.39 is 28.3 Å². The summed E-state index contributed by atoms with van der Waals surface area (Å²) in [6.07, 6.45) is -4.56. The molecule has 29 heavy (non-hydrogen) atoms. The first-order valence-electron chi connectivity index (χ1n) is 8.02. The quantitative estimate of drug-likeness (QED) is 0.465. The third-order valence-corrected chi connectivity index (χ3v) is 3.74. The van der Waals surface area contributed by atoms with E-state index in [1.807, 2.05) is 0 Å². The Labute approximate surface area is 163 Å². The largest absolute Gasteiger partial charge is 0.493 e. The molecule has 0 spiro atoms. The van der Waals surface area contributed by atoms with Crippen LogP contribution < -0.4 is 14.8 Å². The molecule has 1 amide bonds. The molecule has 0 heterocycles. The van der Waals surface area contributed by atoms with Gasteiger partial charge in [0.05, 0.1) is 37.3 Å². The number of amides is 1. The average Bonchev–Trinajstić information content (AvgIpc) is 2.69. The average molecular weight is 408 g/mol. The number of methoxy groups -OCH3 is 2. The Balaban J connectivity index is 2.22. The summed E-state index contributed by atoms with van der Waals surface area (Å²) in [5.41, 5.74) is -1.96. The number of ether oxygens (including phenoxy) is 2. The number of alkyl halides is 3. The molecule has 0 unspecified atom stereocenters. The van der Waals surface area contributed by atoms with Crippen LogP contribution in [0.2, 0.25) is 0 Å². The molecule has 0 saturated heterocycles. The van der Waals surface area contributed by atoms with E-state index in [4.69, 9.17) is 9.47 Å². The number of nitro groups is 1. The Morgan fingerprint density at radius 1 is 1.17 bits per heavy atom. The second kappa shape index (κ2) is 8.97. The number of benzene rings is 2. The molecule has 0 radical (unpaired) electrons. The van der Waals surface area contributed by atoms with Crippen molar-refractivity contribution in [2.45, 2.75) is 6.18 Å². The van der Waals surface area contributed by atoms with Gasteiger partial charge in [-0.05, 0) is 12.1 Å². The minimum absolute atomic E-state index is 0.0688. The number of nitro benzene ring substituents is 1. The molecule has 0 aliphatic heterocycles. The highest BCUT2D eigenvalue weighted by molar-refractivity contribution is 5.99. The number of hydrogen-bond donors (Lipinski definition) is 1. The van der Waals surface area contributed by atoms with Crippen molar-refractivity contribution < 1.29 is 32.4 Å². The van der Waals surface area contributed by atoms with Crippen molar-refractivity contribution in [1.29, 1.82) is 0 Å². The van der Waals surface area contributed by atoms with Crippen LogP contribution in [-0.4, -0.2) is 31.6 Å². The van der Waals surface area contributed by atoms with Gasteiger partial charge in [-0.2, -0.15) is 13.2 Å². The molecule has 0 aliphatic carbocycles. The normalized spacial score (nSPS) is 10.5. The van der Waals surface area contributed by atoms with Crippen molar-refractivity contribution in [3.05, 3.63) is 63.2 Å². The number of nitrogens with zero attached hydrogens (tertiary/aromatic N) is 1. The van der Waals surface area contributed by atoms with Crippen LogP contribution in [0.5, 0.6) is 11.5 Å². The minimum Gasteiger partial charge on any atom is -0.493 e. The molecule has 0 atom stereocenters. The summed E-state index contributed by atoms with van der Waals surface area (Å²) >= 11 is 0. The summed E-state index contributed by atoms with van der Waals surface area (Å²) in [5.74, 6) is 4.09. The van der Waals surface area contributed by atoms with Crippen molar-refractivity contribution in [1.82, 2.24) is 5.32 Å². The van der Waals surface area contributed by atoms with E-state index in [0.29, 0.717) is 0 Å². The molecule has 10 heteroatoms. The van der Waals surface area contributed by atoms with Crippen molar-refractivity contribution in [3.8, 4) is 23.3 Å². The van der Waals surface area contributed by atoms with E-state index in [0.717, 1.165) is 18.2 Å². The number of nitrogens with one attached hydrogen (secondary N) is 1. The zero-order valence-electron chi connectivity index (χ0n) is 15.3. The Kier molecular flexibility index (Phi) is 6.67.